The molecule has 2 fully saturated rings. The third kappa shape index (κ3) is 4.19. The van der Waals surface area contributed by atoms with E-state index in [2.05, 4.69) is 24.1 Å². The zero-order chi connectivity index (χ0) is 22.2. The zero-order valence-corrected chi connectivity index (χ0v) is 19.1. The standard InChI is InChI=1S/C23H28N2O5S/c1-14(2)10-28-11-16-9-23(19(26)29-16)13-22(4,30-20(23)27)18-12-31-21(25-18)24-17-8-6-5-7-15(17)3/h5-8,12,14,16H,9-11,13H2,1-4H3,(H,24,25). The molecule has 31 heavy (non-hydrogen) atoms. The number of esters is 2. The van der Waals surface area contributed by atoms with E-state index in [0.717, 1.165) is 11.3 Å². The van der Waals surface area contributed by atoms with Gasteiger partial charge in [0.2, 0.25) is 0 Å². The topological polar surface area (TPSA) is 86.8 Å². The molecule has 8 heteroatoms. The van der Waals surface area contributed by atoms with E-state index in [1.54, 1.807) is 0 Å². The van der Waals surface area contributed by atoms with Crippen LogP contribution in [0.3, 0.4) is 0 Å². The Balaban J connectivity index is 1.48. The molecule has 4 rings (SSSR count). The monoisotopic (exact) mass is 444 g/mol. The smallest absolute Gasteiger partial charge is 0.324 e. The SMILES string of the molecule is Cc1ccccc1Nc1nc(C2(C)CC3(CC(COCC(C)C)OC3=O)C(=O)O2)cs1. The Morgan fingerprint density at radius 3 is 2.81 bits per heavy atom. The summed E-state index contributed by atoms with van der Waals surface area (Å²) in [6.07, 6.45) is 0.0535. The highest BCUT2D eigenvalue weighted by Crippen LogP contribution is 2.52. The van der Waals surface area contributed by atoms with E-state index in [-0.39, 0.29) is 19.4 Å². The summed E-state index contributed by atoms with van der Waals surface area (Å²) in [6, 6.07) is 7.95. The molecule has 1 N–H and O–H groups in total. The highest BCUT2D eigenvalue weighted by atomic mass is 32.1. The van der Waals surface area contributed by atoms with Crippen LogP contribution in [0, 0.1) is 18.3 Å². The summed E-state index contributed by atoms with van der Waals surface area (Å²) in [6.45, 7) is 8.81. The quantitative estimate of drug-likeness (QED) is 0.502. The van der Waals surface area contributed by atoms with E-state index >= 15 is 0 Å². The van der Waals surface area contributed by atoms with Gasteiger partial charge in [0.1, 0.15) is 6.10 Å². The molecule has 1 aromatic carbocycles. The van der Waals surface area contributed by atoms with Crippen molar-refractivity contribution in [3.63, 3.8) is 0 Å². The van der Waals surface area contributed by atoms with Crippen LogP contribution in [0.1, 0.15) is 44.9 Å². The predicted molar refractivity (Wildman–Crippen MR) is 117 cm³/mol. The number of thiazole rings is 1. The summed E-state index contributed by atoms with van der Waals surface area (Å²) in [5.41, 5.74) is 0.444. The number of nitrogens with zero attached hydrogens (tertiary/aromatic N) is 1. The molecule has 0 amide bonds. The minimum Gasteiger partial charge on any atom is -0.459 e. The van der Waals surface area contributed by atoms with Gasteiger partial charge in [0, 0.05) is 30.5 Å². The number of aryl methyl sites for hydroxylation is 1. The molecule has 0 aliphatic carbocycles. The van der Waals surface area contributed by atoms with E-state index in [1.807, 2.05) is 43.5 Å². The molecule has 2 saturated heterocycles. The minimum atomic E-state index is -1.28. The van der Waals surface area contributed by atoms with Crippen molar-refractivity contribution < 1.29 is 23.8 Å². The van der Waals surface area contributed by atoms with Crippen LogP contribution in [0.15, 0.2) is 29.6 Å². The lowest BCUT2D eigenvalue weighted by Crippen LogP contribution is -2.32. The number of nitrogens with one attached hydrogen (secondary N) is 1. The zero-order valence-electron chi connectivity index (χ0n) is 18.3. The Morgan fingerprint density at radius 1 is 1.29 bits per heavy atom. The van der Waals surface area contributed by atoms with Gasteiger partial charge in [-0.1, -0.05) is 32.0 Å². The lowest BCUT2D eigenvalue weighted by atomic mass is 9.78. The number of para-hydroxylation sites is 1. The molecular weight excluding hydrogens is 416 g/mol. The largest absolute Gasteiger partial charge is 0.459 e. The van der Waals surface area contributed by atoms with Gasteiger partial charge < -0.3 is 19.5 Å². The summed E-state index contributed by atoms with van der Waals surface area (Å²) >= 11 is 1.44. The van der Waals surface area contributed by atoms with Gasteiger partial charge in [-0.2, -0.15) is 0 Å². The number of benzene rings is 1. The molecule has 2 aliphatic rings. The second-order valence-corrected chi connectivity index (χ2v) is 9.88. The van der Waals surface area contributed by atoms with Gasteiger partial charge in [0.05, 0.1) is 12.3 Å². The Morgan fingerprint density at radius 2 is 2.06 bits per heavy atom. The van der Waals surface area contributed by atoms with Crippen LogP contribution in [-0.2, 0) is 29.4 Å². The third-order valence-electron chi connectivity index (χ3n) is 5.78. The number of carbonyl (C=O) groups is 2. The van der Waals surface area contributed by atoms with Crippen molar-refractivity contribution in [3.05, 3.63) is 40.9 Å². The number of anilines is 2. The number of rotatable bonds is 7. The summed E-state index contributed by atoms with van der Waals surface area (Å²) < 4.78 is 16.9. The minimum absolute atomic E-state index is 0.214. The van der Waals surface area contributed by atoms with Crippen molar-refractivity contribution in [2.45, 2.75) is 52.2 Å². The molecule has 0 saturated carbocycles. The van der Waals surface area contributed by atoms with E-state index in [0.29, 0.717) is 23.4 Å². The fourth-order valence-corrected chi connectivity index (χ4v) is 4.99. The van der Waals surface area contributed by atoms with Crippen LogP contribution < -0.4 is 5.32 Å². The van der Waals surface area contributed by atoms with Crippen molar-refractivity contribution in [1.82, 2.24) is 4.98 Å². The first-order chi connectivity index (χ1) is 14.7. The van der Waals surface area contributed by atoms with Crippen molar-refractivity contribution >= 4 is 34.1 Å². The summed E-state index contributed by atoms with van der Waals surface area (Å²) in [7, 11) is 0. The number of carbonyl (C=O) groups excluding carboxylic acids is 2. The second kappa shape index (κ2) is 8.24. The number of hydrogen-bond donors (Lipinski definition) is 1. The van der Waals surface area contributed by atoms with E-state index in [1.165, 1.54) is 11.3 Å². The molecule has 2 aromatic rings. The lowest BCUT2D eigenvalue weighted by Gasteiger charge is -2.20. The predicted octanol–water partition coefficient (Wildman–Crippen LogP) is 4.33. The van der Waals surface area contributed by atoms with Crippen LogP contribution in [-0.4, -0.2) is 36.2 Å². The first-order valence-corrected chi connectivity index (χ1v) is 11.4. The van der Waals surface area contributed by atoms with Gasteiger partial charge in [-0.25, -0.2) is 4.98 Å². The van der Waals surface area contributed by atoms with Crippen LogP contribution in [0.25, 0.3) is 0 Å². The molecule has 0 radical (unpaired) electrons. The van der Waals surface area contributed by atoms with Crippen LogP contribution >= 0.6 is 11.3 Å². The molecule has 3 heterocycles. The molecule has 1 aromatic heterocycles. The van der Waals surface area contributed by atoms with E-state index < -0.39 is 29.1 Å². The highest BCUT2D eigenvalue weighted by Gasteiger charge is 2.65. The normalized spacial score (nSPS) is 27.7. The molecule has 7 nitrogen and oxygen atoms in total. The fourth-order valence-electron chi connectivity index (χ4n) is 4.15. The van der Waals surface area contributed by atoms with Crippen LogP contribution in [0.4, 0.5) is 10.8 Å². The van der Waals surface area contributed by atoms with Gasteiger partial charge in [-0.05, 0) is 31.4 Å². The number of aromatic nitrogens is 1. The fraction of sp³-hybridized carbons (Fsp3) is 0.522. The molecule has 3 atom stereocenters. The van der Waals surface area contributed by atoms with Crippen molar-refractivity contribution in [2.75, 3.05) is 18.5 Å². The lowest BCUT2D eigenvalue weighted by molar-refractivity contribution is -0.160. The summed E-state index contributed by atoms with van der Waals surface area (Å²) in [4.78, 5) is 30.2. The molecule has 166 valence electrons. The molecule has 2 aliphatic heterocycles. The maximum atomic E-state index is 12.9. The number of ether oxygens (including phenoxy) is 3. The van der Waals surface area contributed by atoms with Gasteiger partial charge in [-0.3, -0.25) is 9.59 Å². The van der Waals surface area contributed by atoms with Gasteiger partial charge in [0.25, 0.3) is 0 Å². The Kier molecular flexibility index (Phi) is 5.79. The average molecular weight is 445 g/mol. The van der Waals surface area contributed by atoms with Crippen LogP contribution in [0.5, 0.6) is 0 Å². The molecule has 3 unspecified atom stereocenters. The van der Waals surface area contributed by atoms with Crippen molar-refractivity contribution in [2.24, 2.45) is 11.3 Å². The van der Waals surface area contributed by atoms with Crippen molar-refractivity contribution in [1.29, 1.82) is 0 Å². The Labute approximate surface area is 186 Å². The molecule has 1 spiro atoms. The Bertz CT molecular complexity index is 990. The van der Waals surface area contributed by atoms with Gasteiger partial charge >= 0.3 is 11.9 Å². The maximum absolute atomic E-state index is 12.9. The second-order valence-electron chi connectivity index (χ2n) is 9.02. The highest BCUT2D eigenvalue weighted by molar-refractivity contribution is 7.13. The summed E-state index contributed by atoms with van der Waals surface area (Å²) in [5.74, 6) is -0.668. The van der Waals surface area contributed by atoms with E-state index in [4.69, 9.17) is 14.2 Å². The Hall–Kier alpha value is -2.45. The third-order valence-corrected chi connectivity index (χ3v) is 6.53. The number of hydrogen-bond acceptors (Lipinski definition) is 8. The first kappa shape index (κ1) is 21.8. The molecular formula is C23H28N2O5S. The maximum Gasteiger partial charge on any atom is 0.324 e. The molecule has 0 bridgehead atoms. The van der Waals surface area contributed by atoms with Gasteiger partial charge in [0.15, 0.2) is 16.1 Å². The van der Waals surface area contributed by atoms with Crippen LogP contribution in [0.2, 0.25) is 0 Å². The number of cyclic esters (lactones) is 2. The van der Waals surface area contributed by atoms with E-state index in [9.17, 15) is 9.59 Å². The summed E-state index contributed by atoms with van der Waals surface area (Å²) in [5, 5.41) is 5.89. The van der Waals surface area contributed by atoms with Crippen molar-refractivity contribution in [3.8, 4) is 0 Å². The van der Waals surface area contributed by atoms with Gasteiger partial charge in [-0.15, -0.1) is 11.3 Å². The average Bonchev–Trinajstić information content (AvgIpc) is 3.36. The first-order valence-electron chi connectivity index (χ1n) is 10.5.